The van der Waals surface area contributed by atoms with Crippen molar-refractivity contribution in [2.75, 3.05) is 0 Å². The highest BCUT2D eigenvalue weighted by atomic mass is 16.4. The van der Waals surface area contributed by atoms with Crippen LogP contribution in [0.4, 0.5) is 0 Å². The highest BCUT2D eigenvalue weighted by Crippen LogP contribution is 2.44. The van der Waals surface area contributed by atoms with Gasteiger partial charge in [-0.2, -0.15) is 0 Å². The number of hydrogen-bond acceptors (Lipinski definition) is 1. The molecule has 0 aliphatic heterocycles. The molecule has 0 fully saturated rings. The Balaban J connectivity index is 4.69. The fraction of sp³-hybridized carbons (Fsp3) is 0.955. The molecule has 0 aliphatic rings. The third kappa shape index (κ3) is 8.53. The van der Waals surface area contributed by atoms with Crippen molar-refractivity contribution in [1.82, 2.24) is 0 Å². The van der Waals surface area contributed by atoms with Gasteiger partial charge in [-0.1, -0.05) is 98.3 Å². The van der Waals surface area contributed by atoms with Crippen molar-refractivity contribution >= 4 is 5.97 Å². The van der Waals surface area contributed by atoms with Crippen LogP contribution in [0.25, 0.3) is 0 Å². The van der Waals surface area contributed by atoms with E-state index in [4.69, 9.17) is 0 Å². The van der Waals surface area contributed by atoms with Crippen LogP contribution in [0.1, 0.15) is 124 Å². The molecule has 2 heteroatoms. The zero-order chi connectivity index (χ0) is 18.3. The van der Waals surface area contributed by atoms with Crippen LogP contribution in [0.15, 0.2) is 0 Å². The monoisotopic (exact) mass is 339 g/mol. The second kappa shape index (κ2) is 14.8. The molecule has 24 heavy (non-hydrogen) atoms. The lowest BCUT2D eigenvalue weighted by atomic mass is 9.65. The number of unbranched alkanes of at least 4 members (excludes halogenated alkanes) is 7. The van der Waals surface area contributed by atoms with Crippen molar-refractivity contribution in [3.63, 3.8) is 0 Å². The van der Waals surface area contributed by atoms with Gasteiger partial charge >= 0.3 is 5.97 Å². The SMILES string of the molecule is CCCCCCCCCC(CCCC)C(CCC)(CCC)C([O])=O. The maximum Gasteiger partial charge on any atom is 0.361 e. The van der Waals surface area contributed by atoms with Gasteiger partial charge in [0.25, 0.3) is 0 Å². The molecular formula is C22H43O2. The first-order valence-electron chi connectivity index (χ1n) is 10.8. The van der Waals surface area contributed by atoms with Crippen molar-refractivity contribution in [3.05, 3.63) is 0 Å². The summed E-state index contributed by atoms with van der Waals surface area (Å²) in [4.78, 5) is 12.1. The highest BCUT2D eigenvalue weighted by molar-refractivity contribution is 5.74. The third-order valence-electron chi connectivity index (χ3n) is 5.64. The van der Waals surface area contributed by atoms with Gasteiger partial charge < -0.3 is 0 Å². The van der Waals surface area contributed by atoms with Crippen LogP contribution in [-0.2, 0) is 9.90 Å². The smallest absolute Gasteiger partial charge is 0.247 e. The standard InChI is InChI=1S/C22H43O2/c1-5-9-11-12-13-14-15-17-20(16-10-6-2)22(18-7-3,19-8-4)21(23)24/h20H,5-19H2,1-4H3. The van der Waals surface area contributed by atoms with Crippen molar-refractivity contribution in [1.29, 1.82) is 0 Å². The van der Waals surface area contributed by atoms with Crippen molar-refractivity contribution < 1.29 is 9.90 Å². The number of rotatable bonds is 17. The fourth-order valence-corrected chi connectivity index (χ4v) is 4.29. The minimum absolute atomic E-state index is 0.304. The maximum absolute atomic E-state index is 12.1. The molecule has 0 bridgehead atoms. The molecule has 2 nitrogen and oxygen atoms in total. The van der Waals surface area contributed by atoms with Gasteiger partial charge in [0, 0.05) is 0 Å². The van der Waals surface area contributed by atoms with Gasteiger partial charge in [-0.15, -0.1) is 0 Å². The Morgan fingerprint density at radius 2 is 1.12 bits per heavy atom. The van der Waals surface area contributed by atoms with Crippen LogP contribution < -0.4 is 0 Å². The molecule has 0 heterocycles. The first kappa shape index (κ1) is 23.5. The summed E-state index contributed by atoms with van der Waals surface area (Å²) in [5, 5.41) is 12.1. The summed E-state index contributed by atoms with van der Waals surface area (Å²) in [6.45, 7) is 8.67. The molecule has 0 aromatic heterocycles. The average molecular weight is 340 g/mol. The lowest BCUT2D eigenvalue weighted by Gasteiger charge is -2.37. The highest BCUT2D eigenvalue weighted by Gasteiger charge is 2.44. The quantitative estimate of drug-likeness (QED) is 0.253. The molecule has 1 radical (unpaired) electrons. The van der Waals surface area contributed by atoms with E-state index in [1.807, 2.05) is 0 Å². The van der Waals surface area contributed by atoms with Gasteiger partial charge in [-0.25, -0.2) is 9.90 Å². The van der Waals surface area contributed by atoms with Gasteiger partial charge in [-0.3, -0.25) is 0 Å². The lowest BCUT2D eigenvalue weighted by Crippen LogP contribution is -2.38. The van der Waals surface area contributed by atoms with Gasteiger partial charge in [0.15, 0.2) is 0 Å². The summed E-state index contributed by atoms with van der Waals surface area (Å²) in [6, 6.07) is 0. The summed E-state index contributed by atoms with van der Waals surface area (Å²) in [6.07, 6.45) is 16.9. The van der Waals surface area contributed by atoms with E-state index in [-0.39, 0.29) is 0 Å². The summed E-state index contributed by atoms with van der Waals surface area (Å²) in [7, 11) is 0. The van der Waals surface area contributed by atoms with Crippen LogP contribution in [0.3, 0.4) is 0 Å². The Hall–Kier alpha value is -0.530. The maximum atomic E-state index is 12.1. The average Bonchev–Trinajstić information content (AvgIpc) is 2.56. The predicted molar refractivity (Wildman–Crippen MR) is 104 cm³/mol. The van der Waals surface area contributed by atoms with Gasteiger partial charge in [0.05, 0.1) is 5.41 Å². The van der Waals surface area contributed by atoms with Crippen LogP contribution in [0, 0.1) is 11.3 Å². The van der Waals surface area contributed by atoms with Gasteiger partial charge in [-0.05, 0) is 31.6 Å². The molecule has 0 amide bonds. The molecule has 1 atom stereocenters. The van der Waals surface area contributed by atoms with Crippen molar-refractivity contribution in [2.45, 2.75) is 124 Å². The third-order valence-corrected chi connectivity index (χ3v) is 5.64. The summed E-state index contributed by atoms with van der Waals surface area (Å²) >= 11 is 0. The van der Waals surface area contributed by atoms with Crippen LogP contribution in [-0.4, -0.2) is 5.97 Å². The number of carbonyl (C=O) groups is 1. The van der Waals surface area contributed by atoms with E-state index < -0.39 is 11.4 Å². The molecular weight excluding hydrogens is 296 g/mol. The summed E-state index contributed by atoms with van der Waals surface area (Å²) < 4.78 is 0. The number of hydrogen-bond donors (Lipinski definition) is 0. The van der Waals surface area contributed by atoms with E-state index in [9.17, 15) is 9.90 Å². The zero-order valence-corrected chi connectivity index (χ0v) is 17.0. The molecule has 0 aliphatic carbocycles. The first-order valence-corrected chi connectivity index (χ1v) is 10.8. The Labute approximate surface area is 151 Å². The molecule has 0 rings (SSSR count). The van der Waals surface area contributed by atoms with Crippen LogP contribution in [0.2, 0.25) is 0 Å². The fourth-order valence-electron chi connectivity index (χ4n) is 4.29. The Kier molecular flexibility index (Phi) is 14.5. The summed E-state index contributed by atoms with van der Waals surface area (Å²) in [5.74, 6) is -0.478. The lowest BCUT2D eigenvalue weighted by molar-refractivity contribution is -0.161. The minimum atomic E-state index is -0.782. The topological polar surface area (TPSA) is 37.0 Å². The van der Waals surface area contributed by atoms with Gasteiger partial charge in [0.1, 0.15) is 0 Å². The van der Waals surface area contributed by atoms with E-state index >= 15 is 0 Å². The minimum Gasteiger partial charge on any atom is -0.247 e. The second-order valence-electron chi connectivity index (χ2n) is 7.69. The Bertz CT molecular complexity index is 292. The zero-order valence-electron chi connectivity index (χ0n) is 17.0. The Morgan fingerprint density at radius 1 is 0.667 bits per heavy atom. The molecule has 0 N–H and O–H groups in total. The van der Waals surface area contributed by atoms with E-state index in [0.29, 0.717) is 5.92 Å². The predicted octanol–water partition coefficient (Wildman–Crippen LogP) is 7.48. The van der Waals surface area contributed by atoms with Crippen LogP contribution in [0.5, 0.6) is 0 Å². The summed E-state index contributed by atoms with van der Waals surface area (Å²) in [5.41, 5.74) is -0.582. The van der Waals surface area contributed by atoms with Crippen molar-refractivity contribution in [2.24, 2.45) is 11.3 Å². The molecule has 143 valence electrons. The molecule has 0 saturated carbocycles. The van der Waals surface area contributed by atoms with E-state index in [1.165, 1.54) is 44.9 Å². The van der Waals surface area contributed by atoms with Crippen molar-refractivity contribution in [3.8, 4) is 0 Å². The first-order chi connectivity index (χ1) is 11.6. The molecule has 1 unspecified atom stereocenters. The molecule has 0 saturated heterocycles. The van der Waals surface area contributed by atoms with E-state index in [0.717, 1.165) is 51.4 Å². The van der Waals surface area contributed by atoms with E-state index in [2.05, 4.69) is 27.7 Å². The largest absolute Gasteiger partial charge is 0.361 e. The van der Waals surface area contributed by atoms with Gasteiger partial charge in [0.2, 0.25) is 0 Å². The molecule has 0 aromatic rings. The second-order valence-corrected chi connectivity index (χ2v) is 7.69. The molecule has 0 spiro atoms. The van der Waals surface area contributed by atoms with Crippen LogP contribution >= 0.6 is 0 Å². The Morgan fingerprint density at radius 3 is 1.58 bits per heavy atom. The normalized spacial score (nSPS) is 13.2. The molecule has 0 aromatic carbocycles. The van der Waals surface area contributed by atoms with E-state index in [1.54, 1.807) is 0 Å². The number of carbonyl (C=O) groups excluding carboxylic acids is 1.